The molecule has 1 aliphatic rings. The van der Waals surface area contributed by atoms with Crippen molar-refractivity contribution in [2.24, 2.45) is 0 Å². The topological polar surface area (TPSA) is 37.4 Å². The van der Waals surface area contributed by atoms with Crippen LogP contribution >= 0.6 is 0 Å². The highest BCUT2D eigenvalue weighted by atomic mass is 16.2. The van der Waals surface area contributed by atoms with Crippen LogP contribution in [0.4, 0.5) is 0 Å². The highest BCUT2D eigenvalue weighted by Gasteiger charge is 2.33. The van der Waals surface area contributed by atoms with E-state index in [2.05, 4.69) is 13.2 Å². The SMILES string of the molecule is C=Cc1cc2c(cc1C=C)C(=O)N(C)C2=O. The Hall–Kier alpha value is -2.16. The Kier molecular flexibility index (Phi) is 2.23. The van der Waals surface area contributed by atoms with E-state index in [1.54, 1.807) is 24.3 Å². The lowest BCUT2D eigenvalue weighted by atomic mass is 9.99. The third-order valence-electron chi connectivity index (χ3n) is 2.73. The normalized spacial score (nSPS) is 13.9. The summed E-state index contributed by atoms with van der Waals surface area (Å²) < 4.78 is 0. The molecule has 80 valence electrons. The standard InChI is InChI=1S/C13H11NO2/c1-4-8-6-10-11(7-9(8)5-2)13(16)14(3)12(10)15/h4-7H,1-2H2,3H3. The minimum atomic E-state index is -0.265. The van der Waals surface area contributed by atoms with Crippen molar-refractivity contribution in [1.29, 1.82) is 0 Å². The molecular weight excluding hydrogens is 202 g/mol. The van der Waals surface area contributed by atoms with Crippen molar-refractivity contribution in [3.05, 3.63) is 47.5 Å². The Morgan fingerprint density at radius 1 is 1.00 bits per heavy atom. The Morgan fingerprint density at radius 2 is 1.38 bits per heavy atom. The van der Waals surface area contributed by atoms with E-state index in [-0.39, 0.29) is 11.8 Å². The van der Waals surface area contributed by atoms with Crippen LogP contribution < -0.4 is 0 Å². The number of carbonyl (C=O) groups is 2. The zero-order valence-electron chi connectivity index (χ0n) is 8.99. The van der Waals surface area contributed by atoms with E-state index in [0.29, 0.717) is 11.1 Å². The summed E-state index contributed by atoms with van der Waals surface area (Å²) >= 11 is 0. The smallest absolute Gasteiger partial charge is 0.261 e. The molecule has 3 heteroatoms. The van der Waals surface area contributed by atoms with E-state index < -0.39 is 0 Å². The van der Waals surface area contributed by atoms with E-state index in [1.807, 2.05) is 0 Å². The first-order chi connectivity index (χ1) is 7.60. The van der Waals surface area contributed by atoms with Crippen molar-refractivity contribution in [2.45, 2.75) is 0 Å². The Balaban J connectivity index is 2.73. The monoisotopic (exact) mass is 213 g/mol. The van der Waals surface area contributed by atoms with Gasteiger partial charge in [0.25, 0.3) is 11.8 Å². The molecule has 16 heavy (non-hydrogen) atoms. The van der Waals surface area contributed by atoms with Crippen LogP contribution in [-0.4, -0.2) is 23.8 Å². The molecule has 0 spiro atoms. The molecular formula is C13H11NO2. The summed E-state index contributed by atoms with van der Waals surface area (Å²) in [5.41, 5.74) is 2.50. The fourth-order valence-corrected chi connectivity index (χ4v) is 1.79. The van der Waals surface area contributed by atoms with Crippen LogP contribution in [0.3, 0.4) is 0 Å². The molecule has 3 nitrogen and oxygen atoms in total. The van der Waals surface area contributed by atoms with Crippen molar-refractivity contribution in [3.63, 3.8) is 0 Å². The first-order valence-electron chi connectivity index (χ1n) is 4.85. The van der Waals surface area contributed by atoms with Gasteiger partial charge in [0.2, 0.25) is 0 Å². The molecule has 0 radical (unpaired) electrons. The molecule has 0 N–H and O–H groups in total. The maximum absolute atomic E-state index is 11.7. The van der Waals surface area contributed by atoms with Crippen LogP contribution in [0, 0.1) is 0 Å². The highest BCUT2D eigenvalue weighted by Crippen LogP contribution is 2.26. The van der Waals surface area contributed by atoms with Gasteiger partial charge >= 0.3 is 0 Å². The number of amides is 2. The second-order valence-electron chi connectivity index (χ2n) is 3.60. The second kappa shape index (κ2) is 3.45. The number of rotatable bonds is 2. The molecule has 1 aromatic carbocycles. The number of nitrogens with zero attached hydrogens (tertiary/aromatic N) is 1. The van der Waals surface area contributed by atoms with E-state index in [4.69, 9.17) is 0 Å². The van der Waals surface area contributed by atoms with Crippen molar-refractivity contribution in [3.8, 4) is 0 Å². The molecule has 0 aliphatic carbocycles. The number of carbonyl (C=O) groups excluding carboxylic acids is 2. The first kappa shape index (κ1) is 10.4. The average molecular weight is 213 g/mol. The van der Waals surface area contributed by atoms with Crippen LogP contribution in [0.2, 0.25) is 0 Å². The van der Waals surface area contributed by atoms with Gasteiger partial charge in [-0.2, -0.15) is 0 Å². The zero-order valence-corrected chi connectivity index (χ0v) is 8.99. The van der Waals surface area contributed by atoms with E-state index in [9.17, 15) is 9.59 Å². The fraction of sp³-hybridized carbons (Fsp3) is 0.0769. The molecule has 1 aromatic rings. The molecule has 1 aliphatic heterocycles. The van der Waals surface area contributed by atoms with Crippen LogP contribution in [0.1, 0.15) is 31.8 Å². The van der Waals surface area contributed by atoms with Crippen molar-refractivity contribution in [2.75, 3.05) is 7.05 Å². The summed E-state index contributed by atoms with van der Waals surface area (Å²) in [6, 6.07) is 3.37. The van der Waals surface area contributed by atoms with Gasteiger partial charge in [-0.05, 0) is 23.3 Å². The van der Waals surface area contributed by atoms with Gasteiger partial charge in [0, 0.05) is 7.05 Å². The number of benzene rings is 1. The van der Waals surface area contributed by atoms with Crippen LogP contribution in [0.5, 0.6) is 0 Å². The van der Waals surface area contributed by atoms with Gasteiger partial charge in [0.1, 0.15) is 0 Å². The summed E-state index contributed by atoms with van der Waals surface area (Å²) in [5.74, 6) is -0.530. The summed E-state index contributed by atoms with van der Waals surface area (Å²) in [6.07, 6.45) is 3.29. The molecule has 1 heterocycles. The lowest BCUT2D eigenvalue weighted by Gasteiger charge is -2.02. The van der Waals surface area contributed by atoms with E-state index in [1.165, 1.54) is 7.05 Å². The minimum absolute atomic E-state index is 0.265. The number of fused-ring (bicyclic) bond motifs is 1. The molecule has 0 saturated heterocycles. The predicted octanol–water partition coefficient (Wildman–Crippen LogP) is 2.20. The van der Waals surface area contributed by atoms with Crippen molar-refractivity contribution in [1.82, 2.24) is 4.90 Å². The van der Waals surface area contributed by atoms with Crippen LogP contribution in [-0.2, 0) is 0 Å². The summed E-state index contributed by atoms with van der Waals surface area (Å²) in [6.45, 7) is 7.34. The van der Waals surface area contributed by atoms with E-state index >= 15 is 0 Å². The van der Waals surface area contributed by atoms with Gasteiger partial charge in [-0.3, -0.25) is 14.5 Å². The third kappa shape index (κ3) is 1.21. The second-order valence-corrected chi connectivity index (χ2v) is 3.60. The summed E-state index contributed by atoms with van der Waals surface area (Å²) in [4.78, 5) is 24.6. The molecule has 0 saturated carbocycles. The van der Waals surface area contributed by atoms with E-state index in [0.717, 1.165) is 16.0 Å². The van der Waals surface area contributed by atoms with Crippen LogP contribution in [0.25, 0.3) is 12.2 Å². The molecule has 0 atom stereocenters. The van der Waals surface area contributed by atoms with Gasteiger partial charge in [0.05, 0.1) is 11.1 Å². The molecule has 0 aromatic heterocycles. The minimum Gasteiger partial charge on any atom is -0.277 e. The molecule has 0 fully saturated rings. The highest BCUT2D eigenvalue weighted by molar-refractivity contribution is 6.21. The van der Waals surface area contributed by atoms with Gasteiger partial charge in [-0.25, -0.2) is 0 Å². The predicted molar refractivity (Wildman–Crippen MR) is 63.0 cm³/mol. The van der Waals surface area contributed by atoms with Gasteiger partial charge < -0.3 is 0 Å². The quantitative estimate of drug-likeness (QED) is 0.706. The Labute approximate surface area is 93.7 Å². The van der Waals surface area contributed by atoms with Gasteiger partial charge in [-0.15, -0.1) is 0 Å². The first-order valence-corrected chi connectivity index (χ1v) is 4.85. The summed E-state index contributed by atoms with van der Waals surface area (Å²) in [5, 5.41) is 0. The maximum Gasteiger partial charge on any atom is 0.261 e. The third-order valence-corrected chi connectivity index (χ3v) is 2.73. The van der Waals surface area contributed by atoms with Gasteiger partial charge in [-0.1, -0.05) is 25.3 Å². The number of hydrogen-bond donors (Lipinski definition) is 0. The fourth-order valence-electron chi connectivity index (χ4n) is 1.79. The van der Waals surface area contributed by atoms with Crippen LogP contribution in [0.15, 0.2) is 25.3 Å². The van der Waals surface area contributed by atoms with Gasteiger partial charge in [0.15, 0.2) is 0 Å². The average Bonchev–Trinajstić information content (AvgIpc) is 2.52. The largest absolute Gasteiger partial charge is 0.277 e. The lowest BCUT2D eigenvalue weighted by molar-refractivity contribution is 0.0693. The molecule has 2 rings (SSSR count). The zero-order chi connectivity index (χ0) is 11.9. The van der Waals surface area contributed by atoms with Crippen molar-refractivity contribution >= 4 is 24.0 Å². The molecule has 0 bridgehead atoms. The lowest BCUT2D eigenvalue weighted by Crippen LogP contribution is -2.24. The van der Waals surface area contributed by atoms with Crippen molar-refractivity contribution < 1.29 is 9.59 Å². The maximum atomic E-state index is 11.7. The Bertz CT molecular complexity index is 482. The molecule has 0 unspecified atom stereocenters. The molecule has 2 amide bonds. The number of hydrogen-bond acceptors (Lipinski definition) is 2. The summed E-state index contributed by atoms with van der Waals surface area (Å²) in [7, 11) is 1.48. The number of imide groups is 1. The Morgan fingerprint density at radius 3 is 1.69 bits per heavy atom.